The molecule has 0 aliphatic heterocycles. The normalized spacial score (nSPS) is 10.5. The van der Waals surface area contributed by atoms with Crippen molar-refractivity contribution in [2.75, 3.05) is 19.6 Å². The lowest BCUT2D eigenvalue weighted by atomic mass is 10.2. The number of benzene rings is 1. The molecule has 146 valence electrons. The summed E-state index contributed by atoms with van der Waals surface area (Å²) in [5.74, 6) is -0.534. The Balaban J connectivity index is 1.92. The molecule has 8 heteroatoms. The van der Waals surface area contributed by atoms with Gasteiger partial charge in [0.15, 0.2) is 11.5 Å². The summed E-state index contributed by atoms with van der Waals surface area (Å²) in [6.45, 7) is 0. The standard InChI is InChI=1S/C20H20N2O5S/c1-26-16-9-5-13(12-17(16)27-2)20(25)21-22-14(7-10-19(23)24)6-8-15(22)18-4-3-11-28-18/h3-6,8-9,11-12H,7,10H2,1-2H3,(H,21,25)(H,23,24)/p-1. The predicted octanol–water partition coefficient (Wildman–Crippen LogP) is 2.30. The lowest BCUT2D eigenvalue weighted by Gasteiger charge is -2.15. The van der Waals surface area contributed by atoms with E-state index in [0.717, 1.165) is 10.6 Å². The lowest BCUT2D eigenvalue weighted by Crippen LogP contribution is -2.27. The minimum atomic E-state index is -1.14. The first-order valence-corrected chi connectivity index (χ1v) is 9.39. The van der Waals surface area contributed by atoms with Gasteiger partial charge in [0.1, 0.15) is 0 Å². The number of carbonyl (C=O) groups is 2. The molecular formula is C20H19N2O5S-. The quantitative estimate of drug-likeness (QED) is 0.627. The number of nitrogens with zero attached hydrogens (tertiary/aromatic N) is 1. The van der Waals surface area contributed by atoms with Gasteiger partial charge in [0, 0.05) is 17.2 Å². The summed E-state index contributed by atoms with van der Waals surface area (Å²) < 4.78 is 12.1. The zero-order valence-corrected chi connectivity index (χ0v) is 16.2. The fourth-order valence-corrected chi connectivity index (χ4v) is 3.54. The number of methoxy groups -OCH3 is 2. The highest BCUT2D eigenvalue weighted by atomic mass is 32.1. The predicted molar refractivity (Wildman–Crippen MR) is 104 cm³/mol. The van der Waals surface area contributed by atoms with Crippen LogP contribution in [-0.2, 0) is 11.2 Å². The molecule has 0 radical (unpaired) electrons. The van der Waals surface area contributed by atoms with Gasteiger partial charge in [0.2, 0.25) is 0 Å². The molecule has 0 aliphatic rings. The van der Waals surface area contributed by atoms with Gasteiger partial charge in [-0.2, -0.15) is 0 Å². The van der Waals surface area contributed by atoms with Crippen molar-refractivity contribution in [2.24, 2.45) is 0 Å². The van der Waals surface area contributed by atoms with Crippen LogP contribution in [-0.4, -0.2) is 30.8 Å². The maximum atomic E-state index is 12.8. The number of carboxylic acid groups (broad SMARTS) is 1. The Kier molecular flexibility index (Phi) is 6.00. The van der Waals surface area contributed by atoms with E-state index in [1.54, 1.807) is 28.9 Å². The summed E-state index contributed by atoms with van der Waals surface area (Å²) in [6.07, 6.45) is 0.0973. The van der Waals surface area contributed by atoms with Crippen LogP contribution in [0.25, 0.3) is 10.6 Å². The first-order chi connectivity index (χ1) is 13.5. The number of carboxylic acids is 1. The highest BCUT2D eigenvalue weighted by molar-refractivity contribution is 7.13. The minimum absolute atomic E-state index is 0.139. The zero-order valence-electron chi connectivity index (χ0n) is 15.4. The van der Waals surface area contributed by atoms with Crippen molar-refractivity contribution in [2.45, 2.75) is 12.8 Å². The van der Waals surface area contributed by atoms with Gasteiger partial charge in [0.05, 0.1) is 24.8 Å². The van der Waals surface area contributed by atoms with Crippen LogP contribution in [0.2, 0.25) is 0 Å². The van der Waals surface area contributed by atoms with E-state index >= 15 is 0 Å². The molecule has 2 heterocycles. The van der Waals surface area contributed by atoms with Crippen LogP contribution in [0.3, 0.4) is 0 Å². The summed E-state index contributed by atoms with van der Waals surface area (Å²) in [5.41, 5.74) is 4.68. The van der Waals surface area contributed by atoms with Crippen molar-refractivity contribution in [3.63, 3.8) is 0 Å². The van der Waals surface area contributed by atoms with Gasteiger partial charge >= 0.3 is 0 Å². The molecule has 0 spiro atoms. The number of hydrogen-bond donors (Lipinski definition) is 1. The topological polar surface area (TPSA) is 92.6 Å². The van der Waals surface area contributed by atoms with Crippen molar-refractivity contribution in [1.82, 2.24) is 4.68 Å². The van der Waals surface area contributed by atoms with Gasteiger partial charge in [-0.05, 0) is 54.6 Å². The number of rotatable bonds is 8. The lowest BCUT2D eigenvalue weighted by molar-refractivity contribution is -0.305. The Labute approximate surface area is 166 Å². The van der Waals surface area contributed by atoms with Crippen LogP contribution in [0, 0.1) is 0 Å². The molecule has 1 N–H and O–H groups in total. The number of thiophene rings is 1. The maximum absolute atomic E-state index is 12.8. The van der Waals surface area contributed by atoms with E-state index in [4.69, 9.17) is 9.47 Å². The molecule has 7 nitrogen and oxygen atoms in total. The van der Waals surface area contributed by atoms with E-state index in [2.05, 4.69) is 5.43 Å². The maximum Gasteiger partial charge on any atom is 0.270 e. The van der Waals surface area contributed by atoms with Crippen molar-refractivity contribution >= 4 is 23.2 Å². The Bertz CT molecular complexity index is 979. The Morgan fingerprint density at radius 2 is 1.89 bits per heavy atom. The fourth-order valence-electron chi connectivity index (χ4n) is 2.80. The van der Waals surface area contributed by atoms with Gasteiger partial charge in [-0.25, -0.2) is 0 Å². The molecule has 2 aromatic heterocycles. The second kappa shape index (κ2) is 8.62. The van der Waals surface area contributed by atoms with Crippen molar-refractivity contribution in [3.05, 3.63) is 59.1 Å². The van der Waals surface area contributed by atoms with Crippen LogP contribution in [0.1, 0.15) is 22.5 Å². The highest BCUT2D eigenvalue weighted by Gasteiger charge is 2.16. The smallest absolute Gasteiger partial charge is 0.270 e. The Morgan fingerprint density at radius 1 is 1.11 bits per heavy atom. The van der Waals surface area contributed by atoms with Gasteiger partial charge in [-0.15, -0.1) is 11.3 Å². The van der Waals surface area contributed by atoms with E-state index in [-0.39, 0.29) is 18.7 Å². The number of aliphatic carboxylic acids is 1. The Hall–Kier alpha value is -3.26. The second-order valence-electron chi connectivity index (χ2n) is 5.91. The molecular weight excluding hydrogens is 380 g/mol. The van der Waals surface area contributed by atoms with Gasteiger partial charge in [-0.1, -0.05) is 6.07 Å². The molecule has 0 bridgehead atoms. The fraction of sp³-hybridized carbons (Fsp3) is 0.200. The van der Waals surface area contributed by atoms with Crippen molar-refractivity contribution in [1.29, 1.82) is 0 Å². The molecule has 0 unspecified atom stereocenters. The first kappa shape index (κ1) is 19.5. The van der Waals surface area contributed by atoms with Gasteiger partial charge in [0.25, 0.3) is 5.91 Å². The van der Waals surface area contributed by atoms with Crippen LogP contribution in [0.15, 0.2) is 47.8 Å². The molecule has 0 aliphatic carbocycles. The number of amides is 1. The number of ether oxygens (including phenoxy) is 2. The summed E-state index contributed by atoms with van der Waals surface area (Å²) in [6, 6.07) is 12.4. The first-order valence-electron chi connectivity index (χ1n) is 8.51. The Morgan fingerprint density at radius 3 is 2.54 bits per heavy atom. The van der Waals surface area contributed by atoms with Gasteiger partial charge < -0.3 is 19.4 Å². The average Bonchev–Trinajstić information content (AvgIpc) is 3.35. The second-order valence-corrected chi connectivity index (χ2v) is 6.85. The van der Waals surface area contributed by atoms with Crippen molar-refractivity contribution in [3.8, 4) is 22.1 Å². The SMILES string of the molecule is COc1ccc(C(=O)Nn2c(CCC(=O)[O-])ccc2-c2cccs2)cc1OC. The molecule has 1 amide bonds. The summed E-state index contributed by atoms with van der Waals surface area (Å²) in [7, 11) is 3.02. The molecule has 1 aromatic carbocycles. The largest absolute Gasteiger partial charge is 0.550 e. The molecule has 0 atom stereocenters. The molecule has 0 saturated carbocycles. The van der Waals surface area contributed by atoms with Crippen LogP contribution in [0.5, 0.6) is 11.5 Å². The molecule has 28 heavy (non-hydrogen) atoms. The zero-order chi connectivity index (χ0) is 20.1. The summed E-state index contributed by atoms with van der Waals surface area (Å²) >= 11 is 1.52. The third kappa shape index (κ3) is 4.17. The minimum Gasteiger partial charge on any atom is -0.550 e. The number of aromatic nitrogens is 1. The highest BCUT2D eigenvalue weighted by Crippen LogP contribution is 2.29. The third-order valence-electron chi connectivity index (χ3n) is 4.18. The molecule has 3 aromatic rings. The third-order valence-corrected chi connectivity index (χ3v) is 5.07. The van der Waals surface area contributed by atoms with E-state index in [9.17, 15) is 14.7 Å². The van der Waals surface area contributed by atoms with Gasteiger partial charge in [-0.3, -0.25) is 14.9 Å². The summed E-state index contributed by atoms with van der Waals surface area (Å²) in [5, 5.41) is 12.8. The van der Waals surface area contributed by atoms with Crippen LogP contribution in [0.4, 0.5) is 0 Å². The van der Waals surface area contributed by atoms with Crippen LogP contribution < -0.4 is 20.0 Å². The number of hydrogen-bond acceptors (Lipinski definition) is 6. The average molecular weight is 399 g/mol. The van der Waals surface area contributed by atoms with Crippen LogP contribution >= 0.6 is 11.3 Å². The number of carbonyl (C=O) groups excluding carboxylic acids is 2. The molecule has 0 saturated heterocycles. The monoisotopic (exact) mass is 399 g/mol. The number of aryl methyl sites for hydroxylation is 1. The van der Waals surface area contributed by atoms with E-state index in [1.807, 2.05) is 23.6 Å². The summed E-state index contributed by atoms with van der Waals surface area (Å²) in [4.78, 5) is 24.7. The molecule has 0 fully saturated rings. The van der Waals surface area contributed by atoms with Crippen molar-refractivity contribution < 1.29 is 24.2 Å². The number of nitrogens with one attached hydrogen (secondary N) is 1. The van der Waals surface area contributed by atoms with E-state index in [0.29, 0.717) is 22.8 Å². The van der Waals surface area contributed by atoms with E-state index in [1.165, 1.54) is 25.6 Å². The van der Waals surface area contributed by atoms with E-state index < -0.39 is 5.97 Å². The molecule has 3 rings (SSSR count).